The lowest BCUT2D eigenvalue weighted by atomic mass is 10.1. The Bertz CT molecular complexity index is 478. The topological polar surface area (TPSA) is 26.3 Å². The molecule has 0 aliphatic rings. The van der Waals surface area contributed by atoms with E-state index in [1.54, 1.807) is 0 Å². The van der Waals surface area contributed by atoms with Crippen molar-refractivity contribution < 1.29 is 40.3 Å². The molecule has 1 aromatic carbocycles. The van der Waals surface area contributed by atoms with Crippen molar-refractivity contribution >= 4 is 5.97 Å². The maximum Gasteiger partial charge on any atom is 0.422 e. The van der Waals surface area contributed by atoms with Crippen molar-refractivity contribution in [1.29, 1.82) is 0 Å². The molecule has 0 radical (unpaired) electrons. The van der Waals surface area contributed by atoms with Gasteiger partial charge in [-0.15, -0.1) is 0 Å². The first-order chi connectivity index (χ1) is 8.12. The number of carbonyl (C=O) groups excluding carboxylic acids is 1. The highest BCUT2D eigenvalue weighted by Crippen LogP contribution is 2.36. The molecule has 0 aliphatic heterocycles. The van der Waals surface area contributed by atoms with Gasteiger partial charge in [-0.05, 0) is 0 Å². The minimum atomic E-state index is -5.65. The average molecular weight is 276 g/mol. The van der Waals surface area contributed by atoms with E-state index in [-0.39, 0.29) is 0 Å². The molecule has 100 valence electrons. The fraction of sp³-hybridized carbons (Fsp3) is 0.222. The Kier molecular flexibility index (Phi) is 3.54. The van der Waals surface area contributed by atoms with Gasteiger partial charge >= 0.3 is 12.1 Å². The van der Waals surface area contributed by atoms with E-state index < -0.39 is 46.5 Å². The zero-order chi connectivity index (χ0) is 14.2. The largest absolute Gasteiger partial charge is 0.465 e. The van der Waals surface area contributed by atoms with Gasteiger partial charge in [-0.2, -0.15) is 13.2 Å². The third kappa shape index (κ3) is 2.12. The molecule has 1 rings (SSSR count). The Hall–Kier alpha value is -1.80. The molecule has 0 fully saturated rings. The number of halogens is 7. The zero-order valence-corrected chi connectivity index (χ0v) is 8.46. The van der Waals surface area contributed by atoms with E-state index in [1.807, 2.05) is 0 Å². The number of hydrogen-bond acceptors (Lipinski definition) is 2. The number of rotatable bonds is 1. The van der Waals surface area contributed by atoms with Crippen molar-refractivity contribution in [3.05, 3.63) is 34.4 Å². The summed E-state index contributed by atoms with van der Waals surface area (Å²) < 4.78 is 92.4. The Balaban J connectivity index is 3.72. The normalized spacial score (nSPS) is 11.6. The van der Waals surface area contributed by atoms with Crippen LogP contribution in [0.15, 0.2) is 0 Å². The van der Waals surface area contributed by atoms with Crippen LogP contribution in [-0.4, -0.2) is 13.1 Å². The molecule has 0 amide bonds. The summed E-state index contributed by atoms with van der Waals surface area (Å²) in [5.41, 5.74) is -4.61. The molecule has 0 unspecified atom stereocenters. The smallest absolute Gasteiger partial charge is 0.422 e. The lowest BCUT2D eigenvalue weighted by Crippen LogP contribution is -2.19. The van der Waals surface area contributed by atoms with Crippen LogP contribution < -0.4 is 0 Å². The van der Waals surface area contributed by atoms with Crippen molar-refractivity contribution in [3.63, 3.8) is 0 Å². The van der Waals surface area contributed by atoms with Crippen LogP contribution in [0, 0.1) is 23.3 Å². The second-order valence-electron chi connectivity index (χ2n) is 3.00. The van der Waals surface area contributed by atoms with Gasteiger partial charge in [0, 0.05) is 0 Å². The molecule has 0 atom stereocenters. The fourth-order valence-corrected chi connectivity index (χ4v) is 1.16. The number of carbonyl (C=O) groups is 1. The number of benzene rings is 1. The summed E-state index contributed by atoms with van der Waals surface area (Å²) in [4.78, 5) is 10.8. The van der Waals surface area contributed by atoms with Crippen LogP contribution in [0.25, 0.3) is 0 Å². The minimum absolute atomic E-state index is 0.634. The first-order valence-corrected chi connectivity index (χ1v) is 4.14. The molecular weight excluding hydrogens is 273 g/mol. The third-order valence-electron chi connectivity index (χ3n) is 1.94. The average Bonchev–Trinajstić information content (AvgIpc) is 2.24. The summed E-state index contributed by atoms with van der Waals surface area (Å²) in [7, 11) is 0.634. The number of esters is 1. The summed E-state index contributed by atoms with van der Waals surface area (Å²) in [6.07, 6.45) is -5.65. The Morgan fingerprint density at radius 1 is 0.944 bits per heavy atom. The van der Waals surface area contributed by atoms with E-state index in [0.29, 0.717) is 7.11 Å². The lowest BCUT2D eigenvalue weighted by Gasteiger charge is -2.12. The monoisotopic (exact) mass is 276 g/mol. The first kappa shape index (κ1) is 14.3. The van der Waals surface area contributed by atoms with Gasteiger partial charge in [0.1, 0.15) is 11.1 Å². The highest BCUT2D eigenvalue weighted by molar-refractivity contribution is 5.90. The Labute approximate surface area is 95.0 Å². The molecule has 0 aliphatic carbocycles. The van der Waals surface area contributed by atoms with E-state index in [1.165, 1.54) is 0 Å². The fourth-order valence-electron chi connectivity index (χ4n) is 1.16. The van der Waals surface area contributed by atoms with Crippen LogP contribution in [0.1, 0.15) is 15.9 Å². The third-order valence-corrected chi connectivity index (χ3v) is 1.94. The van der Waals surface area contributed by atoms with Gasteiger partial charge in [0.25, 0.3) is 0 Å². The van der Waals surface area contributed by atoms with Crippen LogP contribution in [0.4, 0.5) is 30.7 Å². The van der Waals surface area contributed by atoms with E-state index in [0.717, 1.165) is 0 Å². The first-order valence-electron chi connectivity index (χ1n) is 4.14. The highest BCUT2D eigenvalue weighted by atomic mass is 19.4. The lowest BCUT2D eigenvalue weighted by molar-refractivity contribution is -0.143. The highest BCUT2D eigenvalue weighted by Gasteiger charge is 2.43. The minimum Gasteiger partial charge on any atom is -0.465 e. The van der Waals surface area contributed by atoms with Gasteiger partial charge in [-0.1, -0.05) is 0 Å². The van der Waals surface area contributed by atoms with Gasteiger partial charge < -0.3 is 4.74 Å². The Morgan fingerprint density at radius 2 is 1.33 bits per heavy atom. The zero-order valence-electron chi connectivity index (χ0n) is 8.46. The van der Waals surface area contributed by atoms with Crippen molar-refractivity contribution in [2.45, 2.75) is 6.18 Å². The van der Waals surface area contributed by atoms with E-state index in [2.05, 4.69) is 4.74 Å². The number of methoxy groups -OCH3 is 1. The summed E-state index contributed by atoms with van der Waals surface area (Å²) in [5.74, 6) is -12.2. The molecule has 0 saturated carbocycles. The molecule has 9 heteroatoms. The predicted octanol–water partition coefficient (Wildman–Crippen LogP) is 3.05. The molecule has 0 N–H and O–H groups in total. The second kappa shape index (κ2) is 4.46. The summed E-state index contributed by atoms with van der Waals surface area (Å²) in [6.45, 7) is 0. The Morgan fingerprint density at radius 3 is 1.61 bits per heavy atom. The maximum absolute atomic E-state index is 13.1. The quantitative estimate of drug-likeness (QED) is 0.447. The van der Waals surface area contributed by atoms with Crippen LogP contribution in [0.3, 0.4) is 0 Å². The van der Waals surface area contributed by atoms with Crippen molar-refractivity contribution in [1.82, 2.24) is 0 Å². The molecule has 0 spiro atoms. The predicted molar refractivity (Wildman–Crippen MR) is 42.6 cm³/mol. The standard InChI is InChI=1S/C9H3F7O2/c1-18-8(17)2-4(10)6(12)3(9(14,15)16)7(13)5(2)11/h1H3. The van der Waals surface area contributed by atoms with Crippen LogP contribution in [-0.2, 0) is 10.9 Å². The molecule has 0 heterocycles. The molecular formula is C9H3F7O2. The number of alkyl halides is 3. The van der Waals surface area contributed by atoms with Crippen molar-refractivity contribution in [2.75, 3.05) is 7.11 Å². The SMILES string of the molecule is COC(=O)c1c(F)c(F)c(C(F)(F)F)c(F)c1F. The summed E-state index contributed by atoms with van der Waals surface area (Å²) >= 11 is 0. The van der Waals surface area contributed by atoms with Gasteiger partial charge in [0.05, 0.1) is 7.11 Å². The molecule has 1 aromatic rings. The molecule has 0 aromatic heterocycles. The summed E-state index contributed by atoms with van der Waals surface area (Å²) in [6, 6.07) is 0. The number of ether oxygens (including phenoxy) is 1. The van der Waals surface area contributed by atoms with Crippen LogP contribution in [0.2, 0.25) is 0 Å². The van der Waals surface area contributed by atoms with Gasteiger partial charge in [-0.25, -0.2) is 22.4 Å². The van der Waals surface area contributed by atoms with Gasteiger partial charge in [-0.3, -0.25) is 0 Å². The van der Waals surface area contributed by atoms with Crippen LogP contribution >= 0.6 is 0 Å². The maximum atomic E-state index is 13.1. The van der Waals surface area contributed by atoms with Crippen LogP contribution in [0.5, 0.6) is 0 Å². The second-order valence-corrected chi connectivity index (χ2v) is 3.00. The molecule has 0 saturated heterocycles. The van der Waals surface area contributed by atoms with Gasteiger partial charge in [0.2, 0.25) is 0 Å². The molecule has 18 heavy (non-hydrogen) atoms. The number of hydrogen-bond donors (Lipinski definition) is 0. The van der Waals surface area contributed by atoms with Crippen molar-refractivity contribution in [3.8, 4) is 0 Å². The molecule has 0 bridgehead atoms. The summed E-state index contributed by atoms with van der Waals surface area (Å²) in [5, 5.41) is 0. The van der Waals surface area contributed by atoms with Gasteiger partial charge in [0.15, 0.2) is 23.3 Å². The van der Waals surface area contributed by atoms with E-state index in [4.69, 9.17) is 0 Å². The van der Waals surface area contributed by atoms with E-state index >= 15 is 0 Å². The van der Waals surface area contributed by atoms with E-state index in [9.17, 15) is 35.5 Å². The van der Waals surface area contributed by atoms with Crippen molar-refractivity contribution in [2.24, 2.45) is 0 Å². The molecule has 2 nitrogen and oxygen atoms in total.